The lowest BCUT2D eigenvalue weighted by atomic mass is 9.93. The van der Waals surface area contributed by atoms with Gasteiger partial charge < -0.3 is 15.1 Å². The molecule has 0 atom stereocenters. The molecule has 2 saturated heterocycles. The third-order valence-corrected chi connectivity index (χ3v) is 6.60. The number of alkyl halides is 3. The van der Waals surface area contributed by atoms with E-state index in [4.69, 9.17) is 0 Å². The first-order valence-electron chi connectivity index (χ1n) is 10.7. The predicted octanol–water partition coefficient (Wildman–Crippen LogP) is 3.08. The number of aryl methyl sites for hydroxylation is 1. The van der Waals surface area contributed by atoms with E-state index in [0.29, 0.717) is 19.0 Å². The number of aliphatic imine (C=N–C) groups is 1. The van der Waals surface area contributed by atoms with Gasteiger partial charge in [-0.1, -0.05) is 6.92 Å². The minimum absolute atomic E-state index is 0. The topological polar surface area (TPSA) is 59.9 Å². The predicted molar refractivity (Wildman–Crippen MR) is 130 cm³/mol. The Kier molecular flexibility index (Phi) is 10.5. The highest BCUT2D eigenvalue weighted by Gasteiger charge is 2.32. The molecule has 2 aliphatic heterocycles. The van der Waals surface area contributed by atoms with Gasteiger partial charge in [-0.15, -0.1) is 24.0 Å². The first-order valence-corrected chi connectivity index (χ1v) is 11.5. The van der Waals surface area contributed by atoms with Gasteiger partial charge in [0.05, 0.1) is 6.54 Å². The molecule has 3 rings (SSSR count). The molecule has 7 nitrogen and oxygen atoms in total. The molecule has 0 unspecified atom stereocenters. The minimum atomic E-state index is -4.10. The average molecular weight is 575 g/mol. The van der Waals surface area contributed by atoms with E-state index in [-0.39, 0.29) is 24.0 Å². The zero-order valence-electron chi connectivity index (χ0n) is 18.2. The summed E-state index contributed by atoms with van der Waals surface area (Å²) < 4.78 is 41.9. The lowest BCUT2D eigenvalue weighted by molar-refractivity contribution is -0.148. The number of piperazine rings is 1. The van der Waals surface area contributed by atoms with Crippen molar-refractivity contribution in [3.8, 4) is 0 Å². The van der Waals surface area contributed by atoms with Gasteiger partial charge in [0.1, 0.15) is 5.82 Å². The van der Waals surface area contributed by atoms with Crippen LogP contribution in [-0.4, -0.2) is 90.7 Å². The van der Waals surface area contributed by atoms with Crippen molar-refractivity contribution in [2.45, 2.75) is 38.8 Å². The van der Waals surface area contributed by atoms with Crippen molar-refractivity contribution in [2.24, 2.45) is 10.9 Å². The van der Waals surface area contributed by atoms with Crippen molar-refractivity contribution in [3.05, 3.63) is 5.82 Å². The molecule has 1 aromatic rings. The molecule has 0 aliphatic carbocycles. The van der Waals surface area contributed by atoms with Crippen LogP contribution >= 0.6 is 35.5 Å². The molecule has 31 heavy (non-hydrogen) atoms. The van der Waals surface area contributed by atoms with Crippen LogP contribution in [0.25, 0.3) is 0 Å². The molecule has 2 aliphatic rings. The second-order valence-corrected chi connectivity index (χ2v) is 8.65. The van der Waals surface area contributed by atoms with Crippen LogP contribution in [0.15, 0.2) is 4.99 Å². The number of piperidine rings is 1. The summed E-state index contributed by atoms with van der Waals surface area (Å²) in [6, 6.07) is 0. The van der Waals surface area contributed by atoms with E-state index in [1.54, 1.807) is 7.05 Å². The van der Waals surface area contributed by atoms with Crippen LogP contribution in [0.2, 0.25) is 0 Å². The SMILES string of the molecule is CCc1nsc(N2CCN(C(=NC)NCCC3CCN(CC(F)(F)F)CC3)CC2)n1.I. The Hall–Kier alpha value is -0.890. The molecular weight excluding hydrogens is 542 g/mol. The van der Waals surface area contributed by atoms with Crippen LogP contribution in [0.3, 0.4) is 0 Å². The Balaban J connectivity index is 0.00000341. The molecule has 0 spiro atoms. The number of halogens is 4. The third kappa shape index (κ3) is 8.19. The van der Waals surface area contributed by atoms with Gasteiger partial charge in [-0.05, 0) is 38.3 Å². The van der Waals surface area contributed by atoms with Crippen LogP contribution in [-0.2, 0) is 6.42 Å². The first kappa shape index (κ1) is 26.4. The zero-order chi connectivity index (χ0) is 21.6. The zero-order valence-corrected chi connectivity index (χ0v) is 21.3. The minimum Gasteiger partial charge on any atom is -0.356 e. The van der Waals surface area contributed by atoms with E-state index in [9.17, 15) is 13.2 Å². The van der Waals surface area contributed by atoms with Crippen LogP contribution in [0.1, 0.15) is 32.0 Å². The number of anilines is 1. The fourth-order valence-electron chi connectivity index (χ4n) is 4.03. The van der Waals surface area contributed by atoms with Gasteiger partial charge in [-0.25, -0.2) is 4.98 Å². The summed E-state index contributed by atoms with van der Waals surface area (Å²) >= 11 is 1.46. The van der Waals surface area contributed by atoms with E-state index in [1.165, 1.54) is 16.4 Å². The first-order chi connectivity index (χ1) is 14.4. The number of nitrogens with one attached hydrogen (secondary N) is 1. The number of hydrogen-bond acceptors (Lipinski definition) is 6. The van der Waals surface area contributed by atoms with Crippen LogP contribution < -0.4 is 10.2 Å². The molecule has 2 fully saturated rings. The van der Waals surface area contributed by atoms with Crippen molar-refractivity contribution in [1.82, 2.24) is 24.5 Å². The van der Waals surface area contributed by atoms with E-state index in [1.807, 2.05) is 0 Å². The van der Waals surface area contributed by atoms with E-state index in [2.05, 4.69) is 36.4 Å². The van der Waals surface area contributed by atoms with E-state index < -0.39 is 12.7 Å². The molecule has 12 heteroatoms. The highest BCUT2D eigenvalue weighted by Crippen LogP contribution is 2.24. The van der Waals surface area contributed by atoms with Crippen LogP contribution in [0.4, 0.5) is 18.3 Å². The molecule has 0 aromatic carbocycles. The van der Waals surface area contributed by atoms with E-state index in [0.717, 1.165) is 75.3 Å². The molecule has 0 radical (unpaired) electrons. The van der Waals surface area contributed by atoms with Gasteiger partial charge in [0.25, 0.3) is 0 Å². The second-order valence-electron chi connectivity index (χ2n) is 7.92. The van der Waals surface area contributed by atoms with Gasteiger partial charge in [0, 0.05) is 57.7 Å². The van der Waals surface area contributed by atoms with Crippen molar-refractivity contribution in [2.75, 3.05) is 64.3 Å². The Morgan fingerprint density at radius 1 is 1.16 bits per heavy atom. The number of aromatic nitrogens is 2. The third-order valence-electron chi connectivity index (χ3n) is 5.78. The molecular formula is C19H33F3IN7S. The summed E-state index contributed by atoms with van der Waals surface area (Å²) in [6.45, 7) is 6.66. The highest BCUT2D eigenvalue weighted by molar-refractivity contribution is 14.0. The summed E-state index contributed by atoms with van der Waals surface area (Å²) in [5.74, 6) is 2.27. The second kappa shape index (κ2) is 12.4. The number of hydrogen-bond donors (Lipinski definition) is 1. The summed E-state index contributed by atoms with van der Waals surface area (Å²) in [7, 11) is 1.79. The Morgan fingerprint density at radius 3 is 2.39 bits per heavy atom. The van der Waals surface area contributed by atoms with Gasteiger partial charge >= 0.3 is 6.18 Å². The molecule has 0 amide bonds. The number of nitrogens with zero attached hydrogens (tertiary/aromatic N) is 6. The Labute approximate surface area is 203 Å². The standard InChI is InChI=1S/C19H32F3N7S.HI/c1-3-16-25-18(30-26-16)29-12-10-28(11-13-29)17(23-2)24-7-4-15-5-8-27(9-6-15)14-19(20,21)22;/h15H,3-14H2,1-2H3,(H,23,24);1H. The summed E-state index contributed by atoms with van der Waals surface area (Å²) in [6.07, 6.45) is -0.621. The quantitative estimate of drug-likeness (QED) is 0.320. The fraction of sp³-hybridized carbons (Fsp3) is 0.842. The Bertz CT molecular complexity index is 684. The Morgan fingerprint density at radius 2 is 1.84 bits per heavy atom. The maximum Gasteiger partial charge on any atom is 0.401 e. The summed E-state index contributed by atoms with van der Waals surface area (Å²) in [5.41, 5.74) is 0. The maximum atomic E-state index is 12.5. The summed E-state index contributed by atoms with van der Waals surface area (Å²) in [5, 5.41) is 4.43. The number of guanidine groups is 1. The van der Waals surface area contributed by atoms with Gasteiger partial charge in [0.15, 0.2) is 5.96 Å². The summed E-state index contributed by atoms with van der Waals surface area (Å²) in [4.78, 5) is 15.0. The van der Waals surface area contributed by atoms with Crippen LogP contribution in [0, 0.1) is 5.92 Å². The van der Waals surface area contributed by atoms with Crippen molar-refractivity contribution in [1.29, 1.82) is 0 Å². The van der Waals surface area contributed by atoms with Crippen molar-refractivity contribution in [3.63, 3.8) is 0 Å². The van der Waals surface area contributed by atoms with Gasteiger partial charge in [-0.3, -0.25) is 9.89 Å². The van der Waals surface area contributed by atoms with Crippen LogP contribution in [0.5, 0.6) is 0 Å². The normalized spacial score (nSPS) is 19.5. The average Bonchev–Trinajstić information content (AvgIpc) is 3.21. The lowest BCUT2D eigenvalue weighted by Gasteiger charge is -2.36. The number of likely N-dealkylation sites (tertiary alicyclic amines) is 1. The molecule has 1 N–H and O–H groups in total. The van der Waals surface area contributed by atoms with Crippen molar-refractivity contribution < 1.29 is 13.2 Å². The molecule has 178 valence electrons. The highest BCUT2D eigenvalue weighted by atomic mass is 127. The number of rotatable bonds is 6. The van der Waals surface area contributed by atoms with Crippen molar-refractivity contribution >= 4 is 46.6 Å². The van der Waals surface area contributed by atoms with E-state index >= 15 is 0 Å². The molecule has 1 aromatic heterocycles. The molecule has 0 saturated carbocycles. The fourth-order valence-corrected chi connectivity index (χ4v) is 4.83. The maximum absolute atomic E-state index is 12.5. The monoisotopic (exact) mass is 575 g/mol. The largest absolute Gasteiger partial charge is 0.401 e. The van der Waals surface area contributed by atoms with Gasteiger partial charge in [-0.2, -0.15) is 17.5 Å². The smallest absolute Gasteiger partial charge is 0.356 e. The lowest BCUT2D eigenvalue weighted by Crippen LogP contribution is -2.52. The molecule has 0 bridgehead atoms. The van der Waals surface area contributed by atoms with Gasteiger partial charge in [0.2, 0.25) is 5.13 Å². The molecule has 3 heterocycles.